The van der Waals surface area contributed by atoms with Crippen molar-refractivity contribution in [2.45, 2.75) is 34.6 Å². The average molecular weight is 287 g/mol. The van der Waals surface area contributed by atoms with Crippen molar-refractivity contribution in [2.75, 3.05) is 24.6 Å². The summed E-state index contributed by atoms with van der Waals surface area (Å²) in [6, 6.07) is 0.287. The summed E-state index contributed by atoms with van der Waals surface area (Å²) in [6.07, 6.45) is 0. The highest BCUT2D eigenvalue weighted by atomic mass is 35.5. The molecule has 0 aliphatic carbocycles. The lowest BCUT2D eigenvalue weighted by molar-refractivity contribution is 0.311. The highest BCUT2D eigenvalue weighted by Gasteiger charge is 2.16. The lowest BCUT2D eigenvalue weighted by Crippen LogP contribution is -2.33. The second kappa shape index (κ2) is 7.48. The topological polar surface area (TPSA) is 51.1 Å². The van der Waals surface area contributed by atoms with Gasteiger partial charge in [0, 0.05) is 13.1 Å². The van der Waals surface area contributed by atoms with E-state index in [4.69, 9.17) is 16.3 Å². The third-order valence-corrected chi connectivity index (χ3v) is 2.47. The Morgan fingerprint density at radius 3 is 2.11 bits per heavy atom. The molecular weight excluding hydrogens is 264 g/mol. The molecule has 0 saturated heterocycles. The highest BCUT2D eigenvalue weighted by Crippen LogP contribution is 2.17. The molecule has 0 aliphatic heterocycles. The lowest BCUT2D eigenvalue weighted by atomic mass is 10.1. The molecule has 0 saturated carbocycles. The van der Waals surface area contributed by atoms with Gasteiger partial charge in [-0.05, 0) is 30.4 Å². The molecule has 0 atom stereocenters. The molecule has 0 spiro atoms. The molecule has 1 aromatic heterocycles. The van der Waals surface area contributed by atoms with E-state index in [1.54, 1.807) is 0 Å². The van der Waals surface area contributed by atoms with Crippen LogP contribution in [-0.2, 0) is 0 Å². The molecule has 19 heavy (non-hydrogen) atoms. The van der Waals surface area contributed by atoms with Crippen LogP contribution in [0.4, 0.5) is 5.95 Å². The van der Waals surface area contributed by atoms with Crippen LogP contribution in [0.15, 0.2) is 0 Å². The van der Waals surface area contributed by atoms with Crippen LogP contribution in [0.25, 0.3) is 0 Å². The van der Waals surface area contributed by atoms with Gasteiger partial charge in [0.15, 0.2) is 0 Å². The number of hydrogen-bond acceptors (Lipinski definition) is 5. The molecule has 108 valence electrons. The predicted molar refractivity (Wildman–Crippen MR) is 77.9 cm³/mol. The van der Waals surface area contributed by atoms with Crippen LogP contribution in [0.2, 0.25) is 5.28 Å². The van der Waals surface area contributed by atoms with E-state index in [1.165, 1.54) is 0 Å². The van der Waals surface area contributed by atoms with Crippen molar-refractivity contribution >= 4 is 17.5 Å². The molecule has 0 aromatic carbocycles. The Hall–Kier alpha value is -1.10. The number of ether oxygens (including phenoxy) is 1. The molecule has 0 fully saturated rings. The Labute approximate surface area is 120 Å². The fraction of sp³-hybridized carbons (Fsp3) is 0.769. The number of aromatic nitrogens is 3. The van der Waals surface area contributed by atoms with Crippen molar-refractivity contribution in [1.29, 1.82) is 0 Å². The van der Waals surface area contributed by atoms with Crippen LogP contribution in [0, 0.1) is 11.8 Å². The molecule has 1 aromatic rings. The second-order valence-corrected chi connectivity index (χ2v) is 5.65. The monoisotopic (exact) mass is 286 g/mol. The zero-order valence-corrected chi connectivity index (χ0v) is 13.1. The van der Waals surface area contributed by atoms with Crippen LogP contribution in [-0.4, -0.2) is 34.6 Å². The van der Waals surface area contributed by atoms with E-state index in [0.29, 0.717) is 24.4 Å². The van der Waals surface area contributed by atoms with Gasteiger partial charge in [0.2, 0.25) is 11.2 Å². The summed E-state index contributed by atoms with van der Waals surface area (Å²) < 4.78 is 5.31. The number of rotatable bonds is 7. The maximum atomic E-state index is 5.93. The minimum absolute atomic E-state index is 0.172. The molecule has 0 unspecified atom stereocenters. The molecule has 0 N–H and O–H groups in total. The first-order chi connectivity index (χ1) is 8.92. The summed E-state index contributed by atoms with van der Waals surface area (Å²) in [4.78, 5) is 14.6. The fourth-order valence-electron chi connectivity index (χ4n) is 1.78. The molecule has 0 amide bonds. The van der Waals surface area contributed by atoms with E-state index < -0.39 is 0 Å². The largest absolute Gasteiger partial charge is 0.464 e. The van der Waals surface area contributed by atoms with Crippen molar-refractivity contribution in [1.82, 2.24) is 15.0 Å². The van der Waals surface area contributed by atoms with Gasteiger partial charge in [-0.1, -0.05) is 27.7 Å². The molecule has 0 aliphatic rings. The Morgan fingerprint density at radius 2 is 1.63 bits per heavy atom. The maximum absolute atomic E-state index is 5.93. The molecule has 5 nitrogen and oxygen atoms in total. The van der Waals surface area contributed by atoms with Crippen molar-refractivity contribution in [3.05, 3.63) is 5.28 Å². The maximum Gasteiger partial charge on any atom is 0.322 e. The van der Waals surface area contributed by atoms with E-state index >= 15 is 0 Å². The van der Waals surface area contributed by atoms with E-state index in [-0.39, 0.29) is 11.3 Å². The lowest BCUT2D eigenvalue weighted by Gasteiger charge is -2.26. The first kappa shape index (κ1) is 16.0. The molecule has 1 heterocycles. The summed E-state index contributed by atoms with van der Waals surface area (Å²) in [5.41, 5.74) is 0. The van der Waals surface area contributed by atoms with Crippen molar-refractivity contribution in [3.8, 4) is 6.01 Å². The van der Waals surface area contributed by atoms with Crippen LogP contribution in [0.5, 0.6) is 6.01 Å². The average Bonchev–Trinajstić information content (AvgIpc) is 2.26. The van der Waals surface area contributed by atoms with Crippen LogP contribution >= 0.6 is 11.6 Å². The van der Waals surface area contributed by atoms with Crippen LogP contribution in [0.3, 0.4) is 0 Å². The van der Waals surface area contributed by atoms with Crippen molar-refractivity contribution < 1.29 is 4.74 Å². The summed E-state index contributed by atoms with van der Waals surface area (Å²) in [6.45, 7) is 12.8. The van der Waals surface area contributed by atoms with Crippen LogP contribution < -0.4 is 9.64 Å². The van der Waals surface area contributed by atoms with Gasteiger partial charge in [-0.25, -0.2) is 0 Å². The number of anilines is 1. The van der Waals surface area contributed by atoms with E-state index in [2.05, 4.69) is 47.5 Å². The summed E-state index contributed by atoms with van der Waals surface area (Å²) >= 11 is 5.93. The van der Waals surface area contributed by atoms with Crippen molar-refractivity contribution in [3.63, 3.8) is 0 Å². The van der Waals surface area contributed by atoms with Gasteiger partial charge in [0.25, 0.3) is 0 Å². The highest BCUT2D eigenvalue weighted by molar-refractivity contribution is 6.28. The normalized spacial score (nSPS) is 11.2. The standard InChI is InChI=1S/C13H23ClN4O/c1-6-19-13-16-11(14)15-12(17-13)18(7-9(2)3)8-10(4)5/h9-10H,6-8H2,1-5H3. The number of halogens is 1. The van der Waals surface area contributed by atoms with E-state index in [0.717, 1.165) is 13.1 Å². The van der Waals surface area contributed by atoms with E-state index in [9.17, 15) is 0 Å². The Kier molecular flexibility index (Phi) is 6.28. The predicted octanol–water partition coefficient (Wildman–Crippen LogP) is 3.04. The zero-order valence-electron chi connectivity index (χ0n) is 12.4. The Morgan fingerprint density at radius 1 is 1.05 bits per heavy atom. The summed E-state index contributed by atoms with van der Waals surface area (Å²) in [7, 11) is 0. The van der Waals surface area contributed by atoms with Gasteiger partial charge >= 0.3 is 6.01 Å². The van der Waals surface area contributed by atoms with Crippen LogP contribution in [0.1, 0.15) is 34.6 Å². The molecule has 6 heteroatoms. The van der Waals surface area contributed by atoms with Gasteiger partial charge in [-0.15, -0.1) is 0 Å². The second-order valence-electron chi connectivity index (χ2n) is 5.31. The van der Waals surface area contributed by atoms with Gasteiger partial charge in [0.05, 0.1) is 6.61 Å². The Balaban J connectivity index is 2.99. The fourth-order valence-corrected chi connectivity index (χ4v) is 1.92. The van der Waals surface area contributed by atoms with E-state index in [1.807, 2.05) is 6.92 Å². The summed E-state index contributed by atoms with van der Waals surface area (Å²) in [5.74, 6) is 1.63. The van der Waals surface area contributed by atoms with Gasteiger partial charge in [-0.2, -0.15) is 15.0 Å². The summed E-state index contributed by atoms with van der Waals surface area (Å²) in [5, 5.41) is 0.172. The number of hydrogen-bond donors (Lipinski definition) is 0. The minimum atomic E-state index is 0.172. The smallest absolute Gasteiger partial charge is 0.322 e. The third-order valence-electron chi connectivity index (χ3n) is 2.30. The molecule has 0 bridgehead atoms. The van der Waals surface area contributed by atoms with Gasteiger partial charge in [-0.3, -0.25) is 0 Å². The van der Waals surface area contributed by atoms with Gasteiger partial charge < -0.3 is 9.64 Å². The third kappa shape index (κ3) is 5.59. The zero-order chi connectivity index (χ0) is 14.4. The number of nitrogens with zero attached hydrogens (tertiary/aromatic N) is 4. The molecule has 1 rings (SSSR count). The SMILES string of the molecule is CCOc1nc(Cl)nc(N(CC(C)C)CC(C)C)n1. The first-order valence-electron chi connectivity index (χ1n) is 6.71. The Bertz CT molecular complexity index is 388. The molecule has 0 radical (unpaired) electrons. The van der Waals surface area contributed by atoms with Crippen molar-refractivity contribution in [2.24, 2.45) is 11.8 Å². The van der Waals surface area contributed by atoms with Gasteiger partial charge in [0.1, 0.15) is 0 Å². The quantitative estimate of drug-likeness (QED) is 0.771. The first-order valence-corrected chi connectivity index (χ1v) is 7.09. The molecular formula is C13H23ClN4O. The minimum Gasteiger partial charge on any atom is -0.464 e.